The Morgan fingerprint density at radius 1 is 1.53 bits per heavy atom. The topological polar surface area (TPSA) is 100 Å². The minimum Gasteiger partial charge on any atom is -0.481 e. The summed E-state index contributed by atoms with van der Waals surface area (Å²) < 4.78 is 23.2. The fourth-order valence-electron chi connectivity index (χ4n) is 2.14. The number of carboxylic acid groups (broad SMARTS) is 1. The summed E-state index contributed by atoms with van der Waals surface area (Å²) in [6.45, 7) is 0.778. The van der Waals surface area contributed by atoms with Gasteiger partial charge in [-0.3, -0.25) is 9.69 Å². The SMILES string of the molecule is O=C(O)CC1CS(=O)(=O)CCN1Cc1ccncn1. The third-order valence-corrected chi connectivity index (χ3v) is 4.77. The lowest BCUT2D eigenvalue weighted by Crippen LogP contribution is -2.48. The first-order valence-electron chi connectivity index (χ1n) is 5.87. The average Bonchev–Trinajstić information content (AvgIpc) is 2.33. The first-order chi connectivity index (χ1) is 8.96. The zero-order valence-electron chi connectivity index (χ0n) is 10.3. The van der Waals surface area contributed by atoms with E-state index in [4.69, 9.17) is 5.11 Å². The molecule has 19 heavy (non-hydrogen) atoms. The lowest BCUT2D eigenvalue weighted by molar-refractivity contribution is -0.138. The Labute approximate surface area is 111 Å². The summed E-state index contributed by atoms with van der Waals surface area (Å²) in [5, 5.41) is 8.87. The molecular weight excluding hydrogens is 270 g/mol. The molecule has 1 aliphatic rings. The highest BCUT2D eigenvalue weighted by molar-refractivity contribution is 7.91. The Balaban J connectivity index is 2.11. The van der Waals surface area contributed by atoms with E-state index in [2.05, 4.69) is 9.97 Å². The highest BCUT2D eigenvalue weighted by atomic mass is 32.2. The quantitative estimate of drug-likeness (QED) is 0.799. The van der Waals surface area contributed by atoms with Crippen LogP contribution in [0.3, 0.4) is 0 Å². The average molecular weight is 285 g/mol. The highest BCUT2D eigenvalue weighted by Crippen LogP contribution is 2.17. The van der Waals surface area contributed by atoms with Crippen LogP contribution in [0.1, 0.15) is 12.1 Å². The van der Waals surface area contributed by atoms with Gasteiger partial charge in [0.2, 0.25) is 0 Å². The van der Waals surface area contributed by atoms with Gasteiger partial charge >= 0.3 is 5.97 Å². The molecule has 0 bridgehead atoms. The number of hydrogen-bond acceptors (Lipinski definition) is 6. The maximum absolute atomic E-state index is 11.6. The Bertz CT molecular complexity index is 546. The first kappa shape index (κ1) is 13.9. The predicted molar refractivity (Wildman–Crippen MR) is 67.1 cm³/mol. The molecule has 1 atom stereocenters. The van der Waals surface area contributed by atoms with Crippen LogP contribution < -0.4 is 0 Å². The van der Waals surface area contributed by atoms with Gasteiger partial charge in [-0.05, 0) is 6.07 Å². The van der Waals surface area contributed by atoms with Crippen molar-refractivity contribution in [1.29, 1.82) is 0 Å². The second kappa shape index (κ2) is 5.62. The van der Waals surface area contributed by atoms with Crippen molar-refractivity contribution in [2.24, 2.45) is 0 Å². The van der Waals surface area contributed by atoms with E-state index in [1.165, 1.54) is 6.33 Å². The number of aromatic nitrogens is 2. The second-order valence-electron chi connectivity index (χ2n) is 4.54. The zero-order chi connectivity index (χ0) is 13.9. The number of aliphatic carboxylic acids is 1. The van der Waals surface area contributed by atoms with E-state index in [0.29, 0.717) is 13.1 Å². The summed E-state index contributed by atoms with van der Waals surface area (Å²) in [5.41, 5.74) is 0.754. The Morgan fingerprint density at radius 2 is 2.32 bits per heavy atom. The van der Waals surface area contributed by atoms with Gasteiger partial charge in [-0.25, -0.2) is 18.4 Å². The van der Waals surface area contributed by atoms with Gasteiger partial charge in [0.25, 0.3) is 0 Å². The lowest BCUT2D eigenvalue weighted by atomic mass is 10.2. The fourth-order valence-corrected chi connectivity index (χ4v) is 3.73. The molecular formula is C11H15N3O4S. The molecule has 1 saturated heterocycles. The Morgan fingerprint density at radius 3 is 2.95 bits per heavy atom. The molecule has 2 rings (SSSR count). The van der Waals surface area contributed by atoms with E-state index < -0.39 is 21.8 Å². The molecule has 8 heteroatoms. The van der Waals surface area contributed by atoms with Crippen molar-refractivity contribution in [3.8, 4) is 0 Å². The molecule has 0 aromatic carbocycles. The summed E-state index contributed by atoms with van der Waals surface area (Å²) >= 11 is 0. The third kappa shape index (κ3) is 3.97. The van der Waals surface area contributed by atoms with Crippen molar-refractivity contribution in [3.05, 3.63) is 24.3 Å². The largest absolute Gasteiger partial charge is 0.481 e. The van der Waals surface area contributed by atoms with Crippen LogP contribution in [0.25, 0.3) is 0 Å². The molecule has 7 nitrogen and oxygen atoms in total. The number of carbonyl (C=O) groups is 1. The van der Waals surface area contributed by atoms with E-state index in [1.54, 1.807) is 12.3 Å². The lowest BCUT2D eigenvalue weighted by Gasteiger charge is -2.34. The van der Waals surface area contributed by atoms with Crippen LogP contribution >= 0.6 is 0 Å². The van der Waals surface area contributed by atoms with Gasteiger partial charge in [-0.2, -0.15) is 0 Å². The molecule has 1 unspecified atom stereocenters. The van der Waals surface area contributed by atoms with Crippen molar-refractivity contribution < 1.29 is 18.3 Å². The maximum Gasteiger partial charge on any atom is 0.304 e. The summed E-state index contributed by atoms with van der Waals surface area (Å²) in [7, 11) is -3.14. The molecule has 1 aromatic rings. The van der Waals surface area contributed by atoms with Crippen LogP contribution in [0.5, 0.6) is 0 Å². The van der Waals surface area contributed by atoms with E-state index in [1.807, 2.05) is 4.90 Å². The van der Waals surface area contributed by atoms with Crippen molar-refractivity contribution in [1.82, 2.24) is 14.9 Å². The van der Waals surface area contributed by atoms with Gasteiger partial charge in [0.15, 0.2) is 9.84 Å². The van der Waals surface area contributed by atoms with Crippen molar-refractivity contribution in [2.45, 2.75) is 19.0 Å². The second-order valence-corrected chi connectivity index (χ2v) is 6.77. The van der Waals surface area contributed by atoms with Crippen molar-refractivity contribution >= 4 is 15.8 Å². The van der Waals surface area contributed by atoms with Crippen LogP contribution in [0, 0.1) is 0 Å². The molecule has 0 radical (unpaired) electrons. The van der Waals surface area contributed by atoms with Gasteiger partial charge in [-0.1, -0.05) is 0 Å². The summed E-state index contributed by atoms with van der Waals surface area (Å²) in [6, 6.07) is 1.24. The summed E-state index contributed by atoms with van der Waals surface area (Å²) in [4.78, 5) is 20.6. The molecule has 1 N–H and O–H groups in total. The monoisotopic (exact) mass is 285 g/mol. The highest BCUT2D eigenvalue weighted by Gasteiger charge is 2.32. The van der Waals surface area contributed by atoms with Gasteiger partial charge in [-0.15, -0.1) is 0 Å². The number of sulfone groups is 1. The number of rotatable bonds is 4. The van der Waals surface area contributed by atoms with Crippen molar-refractivity contribution in [3.63, 3.8) is 0 Å². The van der Waals surface area contributed by atoms with E-state index in [-0.39, 0.29) is 17.9 Å². The number of nitrogens with zero attached hydrogens (tertiary/aromatic N) is 3. The van der Waals surface area contributed by atoms with E-state index in [9.17, 15) is 13.2 Å². The maximum atomic E-state index is 11.6. The van der Waals surface area contributed by atoms with Gasteiger partial charge in [0.1, 0.15) is 6.33 Å². The molecule has 0 amide bonds. The van der Waals surface area contributed by atoms with Gasteiger partial charge < -0.3 is 5.11 Å². The molecule has 1 fully saturated rings. The van der Waals surface area contributed by atoms with Gasteiger partial charge in [0.05, 0.1) is 23.6 Å². The van der Waals surface area contributed by atoms with Crippen molar-refractivity contribution in [2.75, 3.05) is 18.1 Å². The summed E-state index contributed by atoms with van der Waals surface area (Å²) in [5.74, 6) is -1.03. The molecule has 1 aliphatic heterocycles. The fraction of sp³-hybridized carbons (Fsp3) is 0.545. The minimum atomic E-state index is -3.14. The molecule has 0 saturated carbocycles. The Kier molecular flexibility index (Phi) is 4.11. The van der Waals surface area contributed by atoms with Crippen LogP contribution in [-0.4, -0.2) is 58.5 Å². The molecule has 0 spiro atoms. The predicted octanol–water partition coefficient (Wildman–Crippen LogP) is -0.450. The molecule has 104 valence electrons. The molecule has 2 heterocycles. The third-order valence-electron chi connectivity index (χ3n) is 3.07. The molecule has 0 aliphatic carbocycles. The first-order valence-corrected chi connectivity index (χ1v) is 7.69. The van der Waals surface area contributed by atoms with Crippen LogP contribution in [-0.2, 0) is 21.2 Å². The van der Waals surface area contributed by atoms with Crippen LogP contribution in [0.15, 0.2) is 18.6 Å². The summed E-state index contributed by atoms with van der Waals surface area (Å²) in [6.07, 6.45) is 2.85. The normalized spacial score (nSPS) is 23.1. The van der Waals surface area contributed by atoms with Crippen LogP contribution in [0.4, 0.5) is 0 Å². The smallest absolute Gasteiger partial charge is 0.304 e. The van der Waals surface area contributed by atoms with E-state index in [0.717, 1.165) is 5.69 Å². The van der Waals surface area contributed by atoms with Crippen LogP contribution in [0.2, 0.25) is 0 Å². The number of hydrogen-bond donors (Lipinski definition) is 1. The zero-order valence-corrected chi connectivity index (χ0v) is 11.1. The molecule has 1 aromatic heterocycles. The number of carboxylic acids is 1. The minimum absolute atomic E-state index is 0.0637. The standard InChI is InChI=1S/C11H15N3O4S/c15-11(16)5-10-7-19(17,18)4-3-14(10)6-9-1-2-12-8-13-9/h1-2,8,10H,3-7H2,(H,15,16). The van der Waals surface area contributed by atoms with Gasteiger partial charge in [0, 0.05) is 25.3 Å². The Hall–Kier alpha value is -1.54. The van der Waals surface area contributed by atoms with E-state index >= 15 is 0 Å².